The normalized spacial score (nSPS) is 12.5. The predicted molar refractivity (Wildman–Crippen MR) is 69.6 cm³/mol. The third-order valence-corrected chi connectivity index (χ3v) is 2.35. The zero-order valence-corrected chi connectivity index (χ0v) is 9.67. The third-order valence-electron chi connectivity index (χ3n) is 2.35. The zero-order valence-electron chi connectivity index (χ0n) is 9.67. The minimum atomic E-state index is -0.977. The van der Waals surface area contributed by atoms with Crippen molar-refractivity contribution in [2.24, 2.45) is 5.73 Å². The van der Waals surface area contributed by atoms with E-state index in [2.05, 4.69) is 6.58 Å². The highest BCUT2D eigenvalue weighted by atomic mass is 16.4. The molecular weight excluding hydrogens is 214 g/mol. The van der Waals surface area contributed by atoms with Gasteiger partial charge in [-0.15, -0.1) is 6.58 Å². The molecule has 0 radical (unpaired) electrons. The Bertz CT molecular complexity index is 424. The van der Waals surface area contributed by atoms with Gasteiger partial charge in [-0.2, -0.15) is 0 Å². The number of aliphatic carboxylic acids is 1. The van der Waals surface area contributed by atoms with Crippen LogP contribution in [0.1, 0.15) is 17.5 Å². The molecule has 3 nitrogen and oxygen atoms in total. The van der Waals surface area contributed by atoms with Crippen LogP contribution in [0, 0.1) is 0 Å². The van der Waals surface area contributed by atoms with Gasteiger partial charge < -0.3 is 10.8 Å². The molecule has 3 heteroatoms. The van der Waals surface area contributed by atoms with Gasteiger partial charge in [0.2, 0.25) is 0 Å². The van der Waals surface area contributed by atoms with Crippen molar-refractivity contribution < 1.29 is 9.90 Å². The topological polar surface area (TPSA) is 63.3 Å². The van der Waals surface area contributed by atoms with Crippen molar-refractivity contribution in [3.63, 3.8) is 0 Å². The molecule has 1 aromatic rings. The highest BCUT2D eigenvalue weighted by Gasteiger charge is 2.07. The van der Waals surface area contributed by atoms with Crippen LogP contribution in [-0.2, 0) is 11.2 Å². The zero-order chi connectivity index (χ0) is 12.7. The van der Waals surface area contributed by atoms with Crippen molar-refractivity contribution in [3.8, 4) is 0 Å². The second-order valence-corrected chi connectivity index (χ2v) is 3.82. The number of hydrogen-bond donors (Lipinski definition) is 2. The van der Waals surface area contributed by atoms with E-state index in [0.29, 0.717) is 6.42 Å². The summed E-state index contributed by atoms with van der Waals surface area (Å²) in [7, 11) is 0. The summed E-state index contributed by atoms with van der Waals surface area (Å²) in [5.41, 5.74) is 7.62. The fourth-order valence-electron chi connectivity index (χ4n) is 1.44. The quantitative estimate of drug-likeness (QED) is 0.738. The van der Waals surface area contributed by atoms with Crippen LogP contribution in [0.2, 0.25) is 0 Å². The molecule has 0 saturated heterocycles. The van der Waals surface area contributed by atoms with E-state index in [-0.39, 0.29) is 0 Å². The molecule has 1 atom stereocenters. The van der Waals surface area contributed by atoms with E-state index < -0.39 is 12.0 Å². The van der Waals surface area contributed by atoms with Gasteiger partial charge in [0, 0.05) is 0 Å². The standard InChI is InChI=1S/C14H17NO2/c1-2-5-11-6-3-7-12(10-11)8-4-9-13(15)14(16)17/h2-4,6-8,10,13H,1,5,9,15H2,(H,16,17). The highest BCUT2D eigenvalue weighted by molar-refractivity contribution is 5.73. The van der Waals surface area contributed by atoms with E-state index in [1.807, 2.05) is 36.4 Å². The smallest absolute Gasteiger partial charge is 0.320 e. The van der Waals surface area contributed by atoms with E-state index in [4.69, 9.17) is 10.8 Å². The summed E-state index contributed by atoms with van der Waals surface area (Å²) >= 11 is 0. The third kappa shape index (κ3) is 4.66. The Balaban J connectivity index is 2.61. The van der Waals surface area contributed by atoms with Crippen molar-refractivity contribution in [2.75, 3.05) is 0 Å². The number of hydrogen-bond acceptors (Lipinski definition) is 2. The van der Waals surface area contributed by atoms with Crippen LogP contribution >= 0.6 is 0 Å². The summed E-state index contributed by atoms with van der Waals surface area (Å²) in [6.07, 6.45) is 6.68. The van der Waals surface area contributed by atoms with Gasteiger partial charge in [0.25, 0.3) is 0 Å². The van der Waals surface area contributed by atoms with Gasteiger partial charge in [0.1, 0.15) is 6.04 Å². The average Bonchev–Trinajstić information content (AvgIpc) is 2.29. The maximum absolute atomic E-state index is 10.5. The summed E-state index contributed by atoms with van der Waals surface area (Å²) in [5.74, 6) is -0.977. The van der Waals surface area contributed by atoms with Gasteiger partial charge in [0.05, 0.1) is 0 Å². The largest absolute Gasteiger partial charge is 0.480 e. The lowest BCUT2D eigenvalue weighted by Gasteiger charge is -2.01. The molecule has 1 aromatic carbocycles. The average molecular weight is 231 g/mol. The van der Waals surface area contributed by atoms with Crippen LogP contribution in [-0.4, -0.2) is 17.1 Å². The molecule has 1 rings (SSSR count). The SMILES string of the molecule is C=CCc1cccc(C=CCC(N)C(=O)O)c1. The second kappa shape index (κ2) is 6.66. The van der Waals surface area contributed by atoms with Gasteiger partial charge in [0.15, 0.2) is 0 Å². The number of rotatable bonds is 6. The summed E-state index contributed by atoms with van der Waals surface area (Å²) in [4.78, 5) is 10.5. The minimum Gasteiger partial charge on any atom is -0.480 e. The van der Waals surface area contributed by atoms with Gasteiger partial charge >= 0.3 is 5.97 Å². The minimum absolute atomic E-state index is 0.334. The molecular formula is C14H17NO2. The summed E-state index contributed by atoms with van der Waals surface area (Å²) in [5, 5.41) is 8.62. The highest BCUT2D eigenvalue weighted by Crippen LogP contribution is 2.08. The molecule has 0 spiro atoms. The molecule has 0 heterocycles. The Morgan fingerprint density at radius 1 is 1.53 bits per heavy atom. The lowest BCUT2D eigenvalue weighted by Crippen LogP contribution is -2.29. The Morgan fingerprint density at radius 2 is 2.29 bits per heavy atom. The lowest BCUT2D eigenvalue weighted by atomic mass is 10.1. The number of carbonyl (C=O) groups is 1. The van der Waals surface area contributed by atoms with E-state index in [1.165, 1.54) is 5.56 Å². The first-order valence-electron chi connectivity index (χ1n) is 5.48. The molecule has 0 aliphatic heterocycles. The number of carboxylic acids is 1. The summed E-state index contributed by atoms with van der Waals surface area (Å²) in [6.45, 7) is 3.69. The van der Waals surface area contributed by atoms with Gasteiger partial charge in [-0.1, -0.05) is 42.5 Å². The maximum atomic E-state index is 10.5. The van der Waals surface area contributed by atoms with Crippen LogP contribution in [0.4, 0.5) is 0 Å². The first kappa shape index (κ1) is 13.2. The fraction of sp³-hybridized carbons (Fsp3) is 0.214. The molecule has 0 saturated carbocycles. The van der Waals surface area contributed by atoms with Crippen LogP contribution in [0.25, 0.3) is 6.08 Å². The van der Waals surface area contributed by atoms with Crippen molar-refractivity contribution in [1.82, 2.24) is 0 Å². The number of benzene rings is 1. The summed E-state index contributed by atoms with van der Waals surface area (Å²) in [6, 6.07) is 7.18. The molecule has 0 aliphatic carbocycles. The van der Waals surface area contributed by atoms with E-state index >= 15 is 0 Å². The Hall–Kier alpha value is -1.87. The van der Waals surface area contributed by atoms with E-state index in [0.717, 1.165) is 12.0 Å². The molecule has 3 N–H and O–H groups in total. The molecule has 0 fully saturated rings. The Kier molecular flexibility index (Phi) is 5.17. The van der Waals surface area contributed by atoms with Crippen LogP contribution in [0.15, 0.2) is 43.0 Å². The maximum Gasteiger partial charge on any atom is 0.320 e. The van der Waals surface area contributed by atoms with Crippen molar-refractivity contribution in [2.45, 2.75) is 18.9 Å². The molecule has 0 amide bonds. The van der Waals surface area contributed by atoms with Gasteiger partial charge in [-0.25, -0.2) is 0 Å². The first-order valence-corrected chi connectivity index (χ1v) is 5.48. The monoisotopic (exact) mass is 231 g/mol. The van der Waals surface area contributed by atoms with Gasteiger partial charge in [-0.3, -0.25) is 4.79 Å². The second-order valence-electron chi connectivity index (χ2n) is 3.82. The van der Waals surface area contributed by atoms with E-state index in [1.54, 1.807) is 6.08 Å². The molecule has 0 aliphatic rings. The van der Waals surface area contributed by atoms with Crippen molar-refractivity contribution in [3.05, 3.63) is 54.1 Å². The fourth-order valence-corrected chi connectivity index (χ4v) is 1.44. The first-order chi connectivity index (χ1) is 8.13. The molecule has 1 unspecified atom stereocenters. The van der Waals surface area contributed by atoms with E-state index in [9.17, 15) is 4.79 Å². The van der Waals surface area contributed by atoms with Gasteiger partial charge in [-0.05, 0) is 24.0 Å². The molecule has 0 bridgehead atoms. The Morgan fingerprint density at radius 3 is 2.94 bits per heavy atom. The number of allylic oxidation sites excluding steroid dienone is 1. The molecule has 90 valence electrons. The summed E-state index contributed by atoms with van der Waals surface area (Å²) < 4.78 is 0. The lowest BCUT2D eigenvalue weighted by molar-refractivity contribution is -0.138. The van der Waals surface area contributed by atoms with Crippen LogP contribution < -0.4 is 5.73 Å². The number of nitrogens with two attached hydrogens (primary N) is 1. The van der Waals surface area contributed by atoms with Crippen molar-refractivity contribution >= 4 is 12.0 Å². The van der Waals surface area contributed by atoms with Crippen LogP contribution in [0.3, 0.4) is 0 Å². The van der Waals surface area contributed by atoms with Crippen LogP contribution in [0.5, 0.6) is 0 Å². The number of carboxylic acid groups (broad SMARTS) is 1. The Labute approximate surface area is 101 Å². The molecule has 17 heavy (non-hydrogen) atoms. The molecule has 0 aromatic heterocycles. The van der Waals surface area contributed by atoms with Crippen molar-refractivity contribution in [1.29, 1.82) is 0 Å². The predicted octanol–water partition coefficient (Wildman–Crippen LogP) is 2.23.